The molecule has 0 aromatic rings. The zero-order valence-corrected chi connectivity index (χ0v) is 14.5. The number of thiocarbonyl (C=S) groups is 1. The Kier molecular flexibility index (Phi) is 11.4. The number of nitrogens with zero attached hydrogens (tertiary/aromatic N) is 1. The van der Waals surface area contributed by atoms with E-state index in [1.807, 2.05) is 0 Å². The van der Waals surface area contributed by atoms with E-state index in [9.17, 15) is 0 Å². The van der Waals surface area contributed by atoms with Crippen molar-refractivity contribution in [1.29, 1.82) is 0 Å². The van der Waals surface area contributed by atoms with Gasteiger partial charge in [-0.25, -0.2) is 4.99 Å². The van der Waals surface area contributed by atoms with Gasteiger partial charge < -0.3 is 5.32 Å². The minimum absolute atomic E-state index is 0.333. The topological polar surface area (TPSA) is 24.4 Å². The maximum Gasteiger partial charge on any atom is 0.0803 e. The van der Waals surface area contributed by atoms with Gasteiger partial charge in [-0.15, -0.1) is 0 Å². The lowest BCUT2D eigenvalue weighted by Crippen LogP contribution is -2.38. The van der Waals surface area contributed by atoms with E-state index in [0.29, 0.717) is 12.1 Å². The Morgan fingerprint density at radius 2 is 1.81 bits per heavy atom. The van der Waals surface area contributed by atoms with Crippen LogP contribution in [0.5, 0.6) is 0 Å². The molecule has 0 saturated heterocycles. The van der Waals surface area contributed by atoms with Crippen LogP contribution in [-0.2, 0) is 0 Å². The Balaban J connectivity index is 2.04. The van der Waals surface area contributed by atoms with Gasteiger partial charge in [-0.2, -0.15) is 0 Å². The molecular weight excluding hydrogens is 276 g/mol. The van der Waals surface area contributed by atoms with Gasteiger partial charge in [0.05, 0.1) is 11.2 Å². The van der Waals surface area contributed by atoms with E-state index in [0.717, 1.165) is 6.42 Å². The average molecular weight is 309 g/mol. The van der Waals surface area contributed by atoms with Crippen molar-refractivity contribution in [2.45, 2.75) is 96.1 Å². The molecule has 0 heterocycles. The average Bonchev–Trinajstić information content (AvgIpc) is 2.51. The first-order valence-corrected chi connectivity index (χ1v) is 9.27. The molecule has 0 spiro atoms. The van der Waals surface area contributed by atoms with E-state index in [1.165, 1.54) is 70.6 Å². The number of allylic oxidation sites excluding steroid dienone is 1. The summed E-state index contributed by atoms with van der Waals surface area (Å²) in [5.41, 5.74) is 0. The minimum atomic E-state index is 0.333. The second kappa shape index (κ2) is 13.0. The highest BCUT2D eigenvalue weighted by Crippen LogP contribution is 2.21. The summed E-state index contributed by atoms with van der Waals surface area (Å²) in [6.07, 6.45) is 20.2. The molecular formula is C18H32N2S. The van der Waals surface area contributed by atoms with Gasteiger partial charge in [-0.3, -0.25) is 0 Å². The Labute approximate surface area is 136 Å². The maximum absolute atomic E-state index is 4.74. The summed E-state index contributed by atoms with van der Waals surface area (Å²) in [5, 5.41) is 6.07. The second-order valence-electron chi connectivity index (χ2n) is 6.16. The molecule has 2 atom stereocenters. The summed E-state index contributed by atoms with van der Waals surface area (Å²) in [6, 6.07) is 0.791. The molecule has 120 valence electrons. The van der Waals surface area contributed by atoms with Crippen LogP contribution in [0, 0.1) is 0 Å². The zero-order chi connectivity index (χ0) is 15.2. The molecule has 0 aromatic heterocycles. The van der Waals surface area contributed by atoms with Crippen molar-refractivity contribution in [2.24, 2.45) is 4.99 Å². The van der Waals surface area contributed by atoms with E-state index in [-0.39, 0.29) is 0 Å². The number of isothiocyanates is 1. The lowest BCUT2D eigenvalue weighted by Gasteiger charge is -2.28. The van der Waals surface area contributed by atoms with E-state index < -0.39 is 0 Å². The molecule has 1 saturated carbocycles. The number of rotatable bonds is 11. The van der Waals surface area contributed by atoms with Crippen LogP contribution < -0.4 is 5.32 Å². The van der Waals surface area contributed by atoms with Crippen LogP contribution in [0.3, 0.4) is 0 Å². The number of aliphatic imine (C=N–C) groups is 1. The Bertz CT molecular complexity index is 321. The van der Waals surface area contributed by atoms with Crippen LogP contribution in [0.25, 0.3) is 0 Å². The van der Waals surface area contributed by atoms with Gasteiger partial charge >= 0.3 is 0 Å². The molecule has 0 radical (unpaired) electrons. The monoisotopic (exact) mass is 308 g/mol. The third-order valence-electron chi connectivity index (χ3n) is 4.35. The van der Waals surface area contributed by atoms with Gasteiger partial charge in [0.25, 0.3) is 0 Å². The Morgan fingerprint density at radius 1 is 1.10 bits per heavy atom. The molecule has 0 aromatic carbocycles. The summed E-state index contributed by atoms with van der Waals surface area (Å²) < 4.78 is 0. The first kappa shape index (κ1) is 18.4. The van der Waals surface area contributed by atoms with Crippen molar-refractivity contribution in [3.05, 3.63) is 12.3 Å². The fourth-order valence-corrected chi connectivity index (χ4v) is 3.16. The normalized spacial score (nSPS) is 22.1. The number of hydrogen-bond donors (Lipinski definition) is 1. The number of hydrogen-bond acceptors (Lipinski definition) is 3. The summed E-state index contributed by atoms with van der Waals surface area (Å²) >= 11 is 4.74. The van der Waals surface area contributed by atoms with Gasteiger partial charge in [0.1, 0.15) is 0 Å². The highest BCUT2D eigenvalue weighted by Gasteiger charge is 2.22. The van der Waals surface area contributed by atoms with Crippen LogP contribution in [0.4, 0.5) is 0 Å². The summed E-state index contributed by atoms with van der Waals surface area (Å²) in [5.74, 6) is 0. The summed E-state index contributed by atoms with van der Waals surface area (Å²) in [7, 11) is 0. The van der Waals surface area contributed by atoms with Crippen molar-refractivity contribution in [3.63, 3.8) is 0 Å². The molecule has 21 heavy (non-hydrogen) atoms. The fourth-order valence-electron chi connectivity index (χ4n) is 3.02. The van der Waals surface area contributed by atoms with Crippen LogP contribution in [0.15, 0.2) is 17.3 Å². The van der Waals surface area contributed by atoms with Crippen molar-refractivity contribution in [2.75, 3.05) is 0 Å². The third-order valence-corrected chi connectivity index (χ3v) is 4.46. The zero-order valence-electron chi connectivity index (χ0n) is 13.7. The van der Waals surface area contributed by atoms with Crippen LogP contribution in [-0.4, -0.2) is 17.2 Å². The van der Waals surface area contributed by atoms with Crippen LogP contribution >= 0.6 is 12.2 Å². The Hall–Kier alpha value is -0.660. The molecule has 0 amide bonds. The predicted molar refractivity (Wildman–Crippen MR) is 96.0 cm³/mol. The molecule has 1 N–H and O–H groups in total. The first-order chi connectivity index (χ1) is 10.4. The number of nitrogens with one attached hydrogen (secondary N) is 1. The fraction of sp³-hybridized carbons (Fsp3) is 0.833. The summed E-state index contributed by atoms with van der Waals surface area (Å²) in [4.78, 5) is 4.30. The molecule has 0 unspecified atom stereocenters. The van der Waals surface area contributed by atoms with Crippen molar-refractivity contribution >= 4 is 17.4 Å². The highest BCUT2D eigenvalue weighted by atomic mass is 32.1. The van der Waals surface area contributed by atoms with E-state index in [1.54, 1.807) is 0 Å². The molecule has 1 aliphatic rings. The second-order valence-corrected chi connectivity index (χ2v) is 6.34. The lowest BCUT2D eigenvalue weighted by molar-refractivity contribution is 0.355. The van der Waals surface area contributed by atoms with Gasteiger partial charge in [-0.1, -0.05) is 64.4 Å². The molecule has 1 fully saturated rings. The van der Waals surface area contributed by atoms with Gasteiger partial charge in [0, 0.05) is 6.04 Å². The SMILES string of the molecule is CCCCCCCCCC=CN[C@@H]1CCCC[C@H]1N=C=S. The predicted octanol–water partition coefficient (Wildman–Crippen LogP) is 5.64. The van der Waals surface area contributed by atoms with Crippen molar-refractivity contribution < 1.29 is 0 Å². The van der Waals surface area contributed by atoms with Crippen LogP contribution in [0.2, 0.25) is 0 Å². The molecule has 3 heteroatoms. The van der Waals surface area contributed by atoms with Gasteiger partial charge in [-0.05, 0) is 44.1 Å². The van der Waals surface area contributed by atoms with Crippen molar-refractivity contribution in [1.82, 2.24) is 5.32 Å². The quantitative estimate of drug-likeness (QED) is 0.303. The lowest BCUT2D eigenvalue weighted by atomic mass is 9.91. The first-order valence-electron chi connectivity index (χ1n) is 8.86. The van der Waals surface area contributed by atoms with E-state index >= 15 is 0 Å². The third kappa shape index (κ3) is 9.06. The van der Waals surface area contributed by atoms with E-state index in [4.69, 9.17) is 12.2 Å². The largest absolute Gasteiger partial charge is 0.386 e. The highest BCUT2D eigenvalue weighted by molar-refractivity contribution is 7.78. The molecule has 2 nitrogen and oxygen atoms in total. The van der Waals surface area contributed by atoms with Gasteiger partial charge in [0.2, 0.25) is 0 Å². The van der Waals surface area contributed by atoms with Crippen molar-refractivity contribution in [3.8, 4) is 0 Å². The van der Waals surface area contributed by atoms with E-state index in [2.05, 4.69) is 34.7 Å². The standard InChI is InChI=1S/C18H32N2S/c1-2-3-4-5-6-7-8-9-12-15-19-17-13-10-11-14-18(17)20-16-21/h12,15,17-19H,2-11,13-14H2,1H3/t17-,18-/m1/s1. The molecule has 1 rings (SSSR count). The number of unbranched alkanes of at least 4 members (excludes halogenated alkanes) is 7. The van der Waals surface area contributed by atoms with Gasteiger partial charge in [0.15, 0.2) is 0 Å². The minimum Gasteiger partial charge on any atom is -0.386 e. The smallest absolute Gasteiger partial charge is 0.0803 e. The molecule has 0 bridgehead atoms. The molecule has 0 aliphatic heterocycles. The summed E-state index contributed by atoms with van der Waals surface area (Å²) in [6.45, 7) is 2.27. The Morgan fingerprint density at radius 3 is 2.57 bits per heavy atom. The van der Waals surface area contributed by atoms with Crippen LogP contribution in [0.1, 0.15) is 84.0 Å². The maximum atomic E-state index is 4.74. The molecule has 1 aliphatic carbocycles.